The lowest BCUT2D eigenvalue weighted by Gasteiger charge is -2.11. The van der Waals surface area contributed by atoms with E-state index in [1.165, 1.54) is 12.1 Å². The van der Waals surface area contributed by atoms with Crippen LogP contribution in [-0.2, 0) is 0 Å². The molecule has 2 rings (SSSR count). The number of rotatable bonds is 3. The second-order valence-electron chi connectivity index (χ2n) is 4.47. The molecule has 0 bridgehead atoms. The van der Waals surface area contributed by atoms with E-state index in [9.17, 15) is 18.0 Å². The number of carbonyl (C=O) groups excluding carboxylic acids is 1. The van der Waals surface area contributed by atoms with Gasteiger partial charge in [0.05, 0.1) is 0 Å². The lowest BCUT2D eigenvalue weighted by Crippen LogP contribution is -2.20. The van der Waals surface area contributed by atoms with Gasteiger partial charge in [0.25, 0.3) is 0 Å². The molecule has 0 heterocycles. The van der Waals surface area contributed by atoms with Gasteiger partial charge in [-0.3, -0.25) is 0 Å². The molecule has 2 aromatic rings. The number of ether oxygens (including phenoxy) is 1. The first-order chi connectivity index (χ1) is 10.3. The van der Waals surface area contributed by atoms with E-state index in [1.807, 2.05) is 19.1 Å². The number of urea groups is 1. The highest BCUT2D eigenvalue weighted by Gasteiger charge is 2.30. The summed E-state index contributed by atoms with van der Waals surface area (Å²) in [5.41, 5.74) is 1.89. The highest BCUT2D eigenvalue weighted by Crippen LogP contribution is 2.24. The van der Waals surface area contributed by atoms with Crippen molar-refractivity contribution >= 4 is 17.4 Å². The summed E-state index contributed by atoms with van der Waals surface area (Å²) in [5, 5.41) is 5.17. The highest BCUT2D eigenvalue weighted by atomic mass is 19.4. The molecule has 2 N–H and O–H groups in total. The summed E-state index contributed by atoms with van der Waals surface area (Å²) >= 11 is 0. The minimum Gasteiger partial charge on any atom is -0.406 e. The van der Waals surface area contributed by atoms with Crippen LogP contribution >= 0.6 is 0 Å². The second kappa shape index (κ2) is 6.38. The fraction of sp³-hybridized carbons (Fsp3) is 0.133. The largest absolute Gasteiger partial charge is 0.573 e. The molecule has 4 nitrogen and oxygen atoms in total. The van der Waals surface area contributed by atoms with Crippen molar-refractivity contribution in [3.63, 3.8) is 0 Å². The van der Waals surface area contributed by atoms with Gasteiger partial charge in [0.2, 0.25) is 0 Å². The normalized spacial score (nSPS) is 10.9. The number of hydrogen-bond donors (Lipinski definition) is 2. The first-order valence-electron chi connectivity index (χ1n) is 6.33. The van der Waals surface area contributed by atoms with Crippen molar-refractivity contribution in [2.24, 2.45) is 0 Å². The Kier molecular flexibility index (Phi) is 4.55. The maximum atomic E-state index is 12.0. The summed E-state index contributed by atoms with van der Waals surface area (Å²) in [6.07, 6.45) is -4.74. The lowest BCUT2D eigenvalue weighted by atomic mass is 10.2. The number of aryl methyl sites for hydroxylation is 1. The Bertz CT molecular complexity index is 655. The van der Waals surface area contributed by atoms with Crippen molar-refractivity contribution in [2.75, 3.05) is 10.6 Å². The van der Waals surface area contributed by atoms with E-state index >= 15 is 0 Å². The van der Waals surface area contributed by atoms with Gasteiger partial charge in [0, 0.05) is 11.4 Å². The summed E-state index contributed by atoms with van der Waals surface area (Å²) in [4.78, 5) is 11.8. The average molecular weight is 310 g/mol. The van der Waals surface area contributed by atoms with Crippen LogP contribution in [0.25, 0.3) is 0 Å². The zero-order valence-corrected chi connectivity index (χ0v) is 11.6. The number of alkyl halides is 3. The average Bonchev–Trinajstić information content (AvgIpc) is 2.42. The van der Waals surface area contributed by atoms with E-state index in [2.05, 4.69) is 15.4 Å². The number of hydrogen-bond acceptors (Lipinski definition) is 2. The maximum absolute atomic E-state index is 12.0. The molecule has 116 valence electrons. The van der Waals surface area contributed by atoms with Gasteiger partial charge < -0.3 is 15.4 Å². The van der Waals surface area contributed by atoms with Crippen molar-refractivity contribution in [3.8, 4) is 5.75 Å². The minimum absolute atomic E-state index is 0.348. The fourth-order valence-electron chi connectivity index (χ4n) is 1.74. The van der Waals surface area contributed by atoms with E-state index in [0.717, 1.165) is 17.7 Å². The number of benzene rings is 2. The number of anilines is 2. The molecule has 0 saturated heterocycles. The van der Waals surface area contributed by atoms with Crippen LogP contribution < -0.4 is 15.4 Å². The van der Waals surface area contributed by atoms with Gasteiger partial charge in [-0.2, -0.15) is 0 Å². The Morgan fingerprint density at radius 3 is 2.23 bits per heavy atom. The molecule has 0 unspecified atom stereocenters. The Morgan fingerprint density at radius 1 is 1.00 bits per heavy atom. The van der Waals surface area contributed by atoms with Crippen molar-refractivity contribution in [1.29, 1.82) is 0 Å². The van der Waals surface area contributed by atoms with Gasteiger partial charge in [-0.1, -0.05) is 18.2 Å². The van der Waals surface area contributed by atoms with Crippen molar-refractivity contribution in [1.82, 2.24) is 0 Å². The van der Waals surface area contributed by atoms with Gasteiger partial charge in [-0.05, 0) is 42.8 Å². The summed E-state index contributed by atoms with van der Waals surface area (Å²) < 4.78 is 39.8. The molecule has 0 aromatic heterocycles. The standard InChI is InChI=1S/C15H13F3N2O2/c1-10-4-2-3-5-13(10)20-14(21)19-11-6-8-12(9-7-11)22-15(16,17)18/h2-9H,1H3,(H2,19,20,21). The van der Waals surface area contributed by atoms with Gasteiger partial charge in [-0.25, -0.2) is 4.79 Å². The van der Waals surface area contributed by atoms with Crippen LogP contribution in [0, 0.1) is 6.92 Å². The summed E-state index contributed by atoms with van der Waals surface area (Å²) in [6.45, 7) is 1.85. The monoisotopic (exact) mass is 310 g/mol. The van der Waals surface area contributed by atoms with Crippen LogP contribution in [0.2, 0.25) is 0 Å². The first kappa shape index (κ1) is 15.7. The predicted octanol–water partition coefficient (Wildman–Crippen LogP) is 4.54. The second-order valence-corrected chi connectivity index (χ2v) is 4.47. The maximum Gasteiger partial charge on any atom is 0.573 e. The first-order valence-corrected chi connectivity index (χ1v) is 6.33. The Balaban J connectivity index is 1.96. The lowest BCUT2D eigenvalue weighted by molar-refractivity contribution is -0.274. The molecule has 2 aromatic carbocycles. The summed E-state index contributed by atoms with van der Waals surface area (Å²) in [7, 11) is 0. The molecule has 22 heavy (non-hydrogen) atoms. The van der Waals surface area contributed by atoms with E-state index in [-0.39, 0.29) is 5.75 Å². The number of amides is 2. The third-order valence-corrected chi connectivity index (χ3v) is 2.74. The van der Waals surface area contributed by atoms with Gasteiger partial charge >= 0.3 is 12.4 Å². The SMILES string of the molecule is Cc1ccccc1NC(=O)Nc1ccc(OC(F)(F)F)cc1. The van der Waals surface area contributed by atoms with Crippen LogP contribution in [0.1, 0.15) is 5.56 Å². The molecule has 2 amide bonds. The number of halogens is 3. The smallest absolute Gasteiger partial charge is 0.406 e. The van der Waals surface area contributed by atoms with Gasteiger partial charge in [0.1, 0.15) is 5.75 Å². The molecule has 0 spiro atoms. The predicted molar refractivity (Wildman–Crippen MR) is 76.9 cm³/mol. The van der Waals surface area contributed by atoms with Crippen molar-refractivity contribution in [3.05, 3.63) is 54.1 Å². The molecule has 0 saturated carbocycles. The Morgan fingerprint density at radius 2 is 1.64 bits per heavy atom. The molecule has 0 radical (unpaired) electrons. The van der Waals surface area contributed by atoms with E-state index < -0.39 is 12.4 Å². The zero-order chi connectivity index (χ0) is 16.2. The van der Waals surface area contributed by atoms with Crippen LogP contribution in [0.3, 0.4) is 0 Å². The minimum atomic E-state index is -4.74. The van der Waals surface area contributed by atoms with E-state index in [0.29, 0.717) is 11.4 Å². The van der Waals surface area contributed by atoms with Gasteiger partial charge in [0.15, 0.2) is 0 Å². The Labute approximate surface area is 124 Å². The third kappa shape index (κ3) is 4.69. The fourth-order valence-corrected chi connectivity index (χ4v) is 1.74. The molecule has 0 aliphatic rings. The number of nitrogens with one attached hydrogen (secondary N) is 2. The van der Waals surface area contributed by atoms with E-state index in [1.54, 1.807) is 12.1 Å². The zero-order valence-electron chi connectivity index (χ0n) is 11.6. The molecule has 0 atom stereocenters. The third-order valence-electron chi connectivity index (χ3n) is 2.74. The van der Waals surface area contributed by atoms with Crippen LogP contribution in [0.4, 0.5) is 29.3 Å². The van der Waals surface area contributed by atoms with Crippen molar-refractivity contribution in [2.45, 2.75) is 13.3 Å². The topological polar surface area (TPSA) is 50.4 Å². The molecular weight excluding hydrogens is 297 g/mol. The highest BCUT2D eigenvalue weighted by molar-refractivity contribution is 6.00. The molecule has 0 fully saturated rings. The van der Waals surface area contributed by atoms with Crippen LogP contribution in [-0.4, -0.2) is 12.4 Å². The van der Waals surface area contributed by atoms with Crippen LogP contribution in [0.5, 0.6) is 5.75 Å². The summed E-state index contributed by atoms with van der Waals surface area (Å²) in [6, 6.07) is 11.6. The van der Waals surface area contributed by atoms with E-state index in [4.69, 9.17) is 0 Å². The molecular formula is C15H13F3N2O2. The molecule has 0 aliphatic carbocycles. The number of carbonyl (C=O) groups is 1. The molecule has 0 aliphatic heterocycles. The van der Waals surface area contributed by atoms with Crippen LogP contribution in [0.15, 0.2) is 48.5 Å². The summed E-state index contributed by atoms with van der Waals surface area (Å²) in [5.74, 6) is -0.350. The molecule has 7 heteroatoms. The Hall–Kier alpha value is -2.70. The van der Waals surface area contributed by atoms with Crippen molar-refractivity contribution < 1.29 is 22.7 Å². The quantitative estimate of drug-likeness (QED) is 0.874. The van der Waals surface area contributed by atoms with Gasteiger partial charge in [-0.15, -0.1) is 13.2 Å². The number of para-hydroxylation sites is 1.